The maximum Gasteiger partial charge on any atom is 0.101 e. The van der Waals surface area contributed by atoms with Gasteiger partial charge in [0.1, 0.15) is 6.10 Å². The standard InChI is InChI=1S/C28H45Br7O5/c1-4-17(36)11-38-25-19(30)5-14(6-20(25)31)28(2,3)15-7-21(32)26(22(33)8-15)39-12-18(37)13-40-27-23(34)9-16(29)10-24(27)35/h14-27,36-37H,4-13H2,1-3H3. The molecule has 0 spiro atoms. The van der Waals surface area contributed by atoms with E-state index in [0.29, 0.717) is 29.7 Å². The maximum atomic E-state index is 10.7. The molecule has 3 saturated carbocycles. The maximum absolute atomic E-state index is 10.7. The van der Waals surface area contributed by atoms with Gasteiger partial charge in [0.25, 0.3) is 0 Å². The number of aliphatic hydroxyl groups excluding tert-OH is 2. The van der Waals surface area contributed by atoms with Crippen molar-refractivity contribution < 1.29 is 24.4 Å². The molecule has 3 rings (SSSR count). The lowest BCUT2D eigenvalue weighted by Gasteiger charge is -2.50. The summed E-state index contributed by atoms with van der Waals surface area (Å²) >= 11 is 26.9. The minimum atomic E-state index is -0.669. The van der Waals surface area contributed by atoms with Gasteiger partial charge in [-0.25, -0.2) is 0 Å². The van der Waals surface area contributed by atoms with Gasteiger partial charge >= 0.3 is 0 Å². The molecule has 0 aromatic heterocycles. The summed E-state index contributed by atoms with van der Waals surface area (Å²) in [5.41, 5.74) is 0.134. The minimum Gasteiger partial charge on any atom is -0.391 e. The van der Waals surface area contributed by atoms with Crippen LogP contribution in [0.2, 0.25) is 0 Å². The molecule has 8 atom stereocenters. The normalized spacial score (nSPS) is 42.9. The van der Waals surface area contributed by atoms with E-state index >= 15 is 0 Å². The summed E-state index contributed by atoms with van der Waals surface area (Å²) in [4.78, 5) is 1.86. The van der Waals surface area contributed by atoms with Gasteiger partial charge in [-0.3, -0.25) is 0 Å². The highest BCUT2D eigenvalue weighted by molar-refractivity contribution is 9.11. The molecule has 0 radical (unpaired) electrons. The van der Waals surface area contributed by atoms with E-state index in [1.165, 1.54) is 0 Å². The molecule has 0 bridgehead atoms. The second kappa shape index (κ2) is 17.4. The second-order valence-electron chi connectivity index (χ2n) is 12.4. The highest BCUT2D eigenvalue weighted by Gasteiger charge is 2.49. The van der Waals surface area contributed by atoms with Gasteiger partial charge in [-0.15, -0.1) is 0 Å². The second-order valence-corrected chi connectivity index (χ2v) is 20.8. The van der Waals surface area contributed by atoms with Gasteiger partial charge in [0.15, 0.2) is 0 Å². The number of hydrogen-bond donors (Lipinski definition) is 2. The van der Waals surface area contributed by atoms with E-state index < -0.39 is 12.2 Å². The Bertz CT molecular complexity index is 731. The summed E-state index contributed by atoms with van der Waals surface area (Å²) in [6.07, 6.45) is 5.84. The van der Waals surface area contributed by atoms with Crippen molar-refractivity contribution in [3.05, 3.63) is 0 Å². The summed E-state index contributed by atoms with van der Waals surface area (Å²) in [6.45, 7) is 7.71. The van der Waals surface area contributed by atoms with Crippen LogP contribution in [0.25, 0.3) is 0 Å². The molecule has 0 heterocycles. The van der Waals surface area contributed by atoms with Crippen molar-refractivity contribution in [2.45, 2.75) is 130 Å². The molecule has 3 aliphatic carbocycles. The van der Waals surface area contributed by atoms with Crippen molar-refractivity contribution in [3.63, 3.8) is 0 Å². The molecule has 40 heavy (non-hydrogen) atoms. The zero-order chi connectivity index (χ0) is 29.8. The average molecular weight is 1020 g/mol. The molecule has 0 amide bonds. The summed E-state index contributed by atoms with van der Waals surface area (Å²) < 4.78 is 18.5. The zero-order valence-corrected chi connectivity index (χ0v) is 34.5. The molecule has 0 aromatic rings. The predicted molar refractivity (Wildman–Crippen MR) is 189 cm³/mol. The van der Waals surface area contributed by atoms with E-state index in [2.05, 4.69) is 125 Å². The van der Waals surface area contributed by atoms with Crippen molar-refractivity contribution in [2.24, 2.45) is 17.3 Å². The number of halogens is 7. The van der Waals surface area contributed by atoms with Crippen LogP contribution < -0.4 is 0 Å². The Balaban J connectivity index is 1.48. The topological polar surface area (TPSA) is 68.2 Å². The molecule has 0 aromatic carbocycles. The Morgan fingerprint density at radius 1 is 0.575 bits per heavy atom. The van der Waals surface area contributed by atoms with Crippen LogP contribution in [0.5, 0.6) is 0 Å². The SMILES string of the molecule is CCC(O)COC1C(Br)CC(C(C)(C)C2CC(Br)C(OCC(O)COC3C(Br)CC(Br)CC3Br)C(Br)C2)CC1Br. The third-order valence-corrected chi connectivity index (χ3v) is 15.3. The van der Waals surface area contributed by atoms with E-state index in [1.807, 2.05) is 6.92 Å². The van der Waals surface area contributed by atoms with Gasteiger partial charge in [0.05, 0.1) is 44.2 Å². The largest absolute Gasteiger partial charge is 0.391 e. The Morgan fingerprint density at radius 2 is 0.875 bits per heavy atom. The fourth-order valence-electron chi connectivity index (χ4n) is 6.36. The molecule has 5 nitrogen and oxygen atoms in total. The lowest BCUT2D eigenvalue weighted by molar-refractivity contribution is -0.0746. The van der Waals surface area contributed by atoms with E-state index in [0.717, 1.165) is 38.5 Å². The molecule has 0 aliphatic heterocycles. The lowest BCUT2D eigenvalue weighted by Crippen LogP contribution is -2.50. The van der Waals surface area contributed by atoms with Crippen LogP contribution in [0.15, 0.2) is 0 Å². The van der Waals surface area contributed by atoms with Crippen LogP contribution in [0, 0.1) is 17.3 Å². The molecular formula is C28H45Br7O5. The summed E-state index contributed by atoms with van der Waals surface area (Å²) in [7, 11) is 0. The summed E-state index contributed by atoms with van der Waals surface area (Å²) in [6, 6.07) is 0. The van der Waals surface area contributed by atoms with Crippen LogP contribution in [0.3, 0.4) is 0 Å². The van der Waals surface area contributed by atoms with Crippen LogP contribution in [-0.2, 0) is 14.2 Å². The zero-order valence-electron chi connectivity index (χ0n) is 23.4. The monoisotopic (exact) mass is 1010 g/mol. The Labute approximate surface area is 300 Å². The fraction of sp³-hybridized carbons (Fsp3) is 1.00. The third-order valence-electron chi connectivity index (χ3n) is 9.16. The van der Waals surface area contributed by atoms with Crippen LogP contribution in [-0.4, -0.2) is 94.3 Å². The first kappa shape index (κ1) is 37.6. The molecule has 3 fully saturated rings. The van der Waals surface area contributed by atoms with E-state index in [1.54, 1.807) is 0 Å². The highest BCUT2D eigenvalue weighted by Crippen LogP contribution is 2.52. The van der Waals surface area contributed by atoms with Gasteiger partial charge in [-0.2, -0.15) is 0 Å². The molecule has 0 saturated heterocycles. The van der Waals surface area contributed by atoms with Crippen molar-refractivity contribution in [1.29, 1.82) is 0 Å². The number of rotatable bonds is 12. The quantitative estimate of drug-likeness (QED) is 0.193. The predicted octanol–water partition coefficient (Wildman–Crippen LogP) is 8.26. The average Bonchev–Trinajstić information content (AvgIpc) is 2.86. The molecule has 8 unspecified atom stereocenters. The number of alkyl halides is 7. The number of aliphatic hydroxyl groups is 2. The number of ether oxygens (including phenoxy) is 3. The van der Waals surface area contributed by atoms with E-state index in [4.69, 9.17) is 14.2 Å². The molecular weight excluding hydrogens is 976 g/mol. The summed E-state index contributed by atoms with van der Waals surface area (Å²) in [5.74, 6) is 1.06. The Morgan fingerprint density at radius 3 is 1.20 bits per heavy atom. The first-order valence-corrected chi connectivity index (χ1v) is 20.8. The van der Waals surface area contributed by atoms with Gasteiger partial charge in [-0.05, 0) is 62.2 Å². The lowest BCUT2D eigenvalue weighted by atomic mass is 9.60. The van der Waals surface area contributed by atoms with Gasteiger partial charge in [0, 0.05) is 33.8 Å². The van der Waals surface area contributed by atoms with Crippen LogP contribution in [0.1, 0.15) is 65.7 Å². The molecule has 236 valence electrons. The Hall–Kier alpha value is 3.16. The first-order chi connectivity index (χ1) is 18.7. The van der Waals surface area contributed by atoms with Crippen molar-refractivity contribution in [1.82, 2.24) is 0 Å². The van der Waals surface area contributed by atoms with E-state index in [-0.39, 0.29) is 65.9 Å². The van der Waals surface area contributed by atoms with Crippen molar-refractivity contribution in [3.8, 4) is 0 Å². The van der Waals surface area contributed by atoms with E-state index in [9.17, 15) is 10.2 Å². The number of hydrogen-bond acceptors (Lipinski definition) is 5. The van der Waals surface area contributed by atoms with Crippen molar-refractivity contribution >= 4 is 112 Å². The first-order valence-electron chi connectivity index (χ1n) is 14.4. The highest BCUT2D eigenvalue weighted by atomic mass is 79.9. The van der Waals surface area contributed by atoms with Gasteiger partial charge in [0.2, 0.25) is 0 Å². The molecule has 2 N–H and O–H groups in total. The molecule has 3 aliphatic rings. The van der Waals surface area contributed by atoms with Crippen LogP contribution in [0.4, 0.5) is 0 Å². The van der Waals surface area contributed by atoms with Gasteiger partial charge in [-0.1, -0.05) is 132 Å². The van der Waals surface area contributed by atoms with Crippen molar-refractivity contribution in [2.75, 3.05) is 19.8 Å². The minimum absolute atomic E-state index is 0.0136. The van der Waals surface area contributed by atoms with Gasteiger partial charge < -0.3 is 24.4 Å². The summed E-state index contributed by atoms with van der Waals surface area (Å²) in [5, 5.41) is 20.6. The fourth-order valence-corrected chi connectivity index (χ4v) is 15.2. The molecule has 12 heteroatoms. The third kappa shape index (κ3) is 10.3. The van der Waals surface area contributed by atoms with Crippen LogP contribution >= 0.6 is 112 Å². The smallest absolute Gasteiger partial charge is 0.101 e. The Kier molecular flexibility index (Phi) is 16.3.